The summed E-state index contributed by atoms with van der Waals surface area (Å²) in [5.41, 5.74) is 1.42. The minimum atomic E-state index is -0.248. The average molecular weight is 359 g/mol. The van der Waals surface area contributed by atoms with Gasteiger partial charge >= 0.3 is 0 Å². The van der Waals surface area contributed by atoms with Crippen molar-refractivity contribution >= 4 is 17.2 Å². The van der Waals surface area contributed by atoms with Gasteiger partial charge in [0.05, 0.1) is 30.8 Å². The van der Waals surface area contributed by atoms with Crippen molar-refractivity contribution in [1.29, 1.82) is 0 Å². The van der Waals surface area contributed by atoms with Crippen LogP contribution in [0.3, 0.4) is 0 Å². The molecule has 2 saturated heterocycles. The van der Waals surface area contributed by atoms with Crippen LogP contribution in [0.15, 0.2) is 29.9 Å². The Hall–Kier alpha value is -1.83. The van der Waals surface area contributed by atoms with E-state index >= 15 is 0 Å². The second-order valence-electron chi connectivity index (χ2n) is 6.73. The normalized spacial score (nSPS) is 22.0. The average Bonchev–Trinajstić information content (AvgIpc) is 3.05. The largest absolute Gasteiger partial charge is 0.373 e. The third-order valence-electron chi connectivity index (χ3n) is 4.77. The zero-order valence-corrected chi connectivity index (χ0v) is 15.0. The molecule has 0 bridgehead atoms. The molecule has 2 aliphatic rings. The van der Waals surface area contributed by atoms with Crippen LogP contribution in [-0.2, 0) is 16.1 Å². The lowest BCUT2D eigenvalue weighted by molar-refractivity contribution is -0.188. The van der Waals surface area contributed by atoms with Crippen LogP contribution in [0.25, 0.3) is 0 Å². The van der Waals surface area contributed by atoms with Crippen LogP contribution in [0.1, 0.15) is 33.9 Å². The Morgan fingerprint density at radius 2 is 2.24 bits per heavy atom. The monoisotopic (exact) mass is 359 g/mol. The van der Waals surface area contributed by atoms with Crippen LogP contribution in [0.4, 0.5) is 0 Å². The lowest BCUT2D eigenvalue weighted by atomic mass is 9.84. The summed E-state index contributed by atoms with van der Waals surface area (Å²) in [6.07, 6.45) is 5.45. The number of amides is 1. The number of likely N-dealkylation sites (tertiary alicyclic amines) is 1. The first kappa shape index (κ1) is 16.6. The Labute approximate surface area is 150 Å². The standard InChI is InChI=1S/C18H21N3O3S/c1-13-20-16(10-25-13)17(22)21-11-18(12-21)8-15(4-7-24-18)23-9-14-2-5-19-6-3-14/h2-3,5-6,10,15H,4,7-9,11-12H2,1H3/t15-/m1/s1. The molecule has 6 nitrogen and oxygen atoms in total. The Kier molecular flexibility index (Phi) is 4.54. The van der Waals surface area contributed by atoms with Crippen LogP contribution in [0.2, 0.25) is 0 Å². The fraction of sp³-hybridized carbons (Fsp3) is 0.500. The van der Waals surface area contributed by atoms with Gasteiger partial charge in [-0.1, -0.05) is 0 Å². The molecule has 0 saturated carbocycles. The van der Waals surface area contributed by atoms with E-state index in [2.05, 4.69) is 9.97 Å². The number of nitrogens with zero attached hydrogens (tertiary/aromatic N) is 3. The molecule has 2 aromatic rings. The quantitative estimate of drug-likeness (QED) is 0.839. The van der Waals surface area contributed by atoms with Crippen molar-refractivity contribution in [3.05, 3.63) is 46.2 Å². The maximum Gasteiger partial charge on any atom is 0.273 e. The molecule has 1 amide bonds. The molecule has 2 aromatic heterocycles. The second kappa shape index (κ2) is 6.82. The maximum atomic E-state index is 12.4. The molecule has 132 valence electrons. The fourth-order valence-corrected chi connectivity index (χ4v) is 4.04. The van der Waals surface area contributed by atoms with Crippen molar-refractivity contribution in [2.24, 2.45) is 0 Å². The molecule has 7 heteroatoms. The van der Waals surface area contributed by atoms with Gasteiger partial charge in [-0.15, -0.1) is 11.3 Å². The summed E-state index contributed by atoms with van der Waals surface area (Å²) >= 11 is 1.50. The summed E-state index contributed by atoms with van der Waals surface area (Å²) in [7, 11) is 0. The second-order valence-corrected chi connectivity index (χ2v) is 7.79. The van der Waals surface area contributed by atoms with E-state index < -0.39 is 0 Å². The van der Waals surface area contributed by atoms with Gasteiger partial charge in [-0.05, 0) is 31.0 Å². The van der Waals surface area contributed by atoms with Crippen LogP contribution in [0, 0.1) is 6.92 Å². The molecule has 4 heterocycles. The van der Waals surface area contributed by atoms with Gasteiger partial charge in [0, 0.05) is 30.8 Å². The number of carbonyl (C=O) groups is 1. The highest BCUT2D eigenvalue weighted by molar-refractivity contribution is 7.09. The highest BCUT2D eigenvalue weighted by Gasteiger charge is 2.50. The molecular weight excluding hydrogens is 338 g/mol. The van der Waals surface area contributed by atoms with E-state index in [1.807, 2.05) is 29.3 Å². The molecule has 25 heavy (non-hydrogen) atoms. The van der Waals surface area contributed by atoms with Crippen LogP contribution in [-0.4, -0.2) is 52.2 Å². The summed E-state index contributed by atoms with van der Waals surface area (Å²) in [4.78, 5) is 22.6. The van der Waals surface area contributed by atoms with Gasteiger partial charge in [0.2, 0.25) is 0 Å². The van der Waals surface area contributed by atoms with Gasteiger partial charge in [-0.2, -0.15) is 0 Å². The van der Waals surface area contributed by atoms with Crippen LogP contribution >= 0.6 is 11.3 Å². The van der Waals surface area contributed by atoms with E-state index in [1.54, 1.807) is 12.4 Å². The third-order valence-corrected chi connectivity index (χ3v) is 5.54. The van der Waals surface area contributed by atoms with E-state index in [0.29, 0.717) is 32.0 Å². The summed E-state index contributed by atoms with van der Waals surface area (Å²) in [6.45, 7) is 4.42. The first-order valence-corrected chi connectivity index (χ1v) is 9.37. The molecule has 0 unspecified atom stereocenters. The number of ether oxygens (including phenoxy) is 2. The molecule has 2 fully saturated rings. The third kappa shape index (κ3) is 3.58. The predicted molar refractivity (Wildman–Crippen MR) is 93.5 cm³/mol. The number of aromatic nitrogens is 2. The zero-order chi connectivity index (χ0) is 17.3. The Bertz CT molecular complexity index is 743. The smallest absolute Gasteiger partial charge is 0.273 e. The lowest BCUT2D eigenvalue weighted by Crippen LogP contribution is -2.67. The summed E-state index contributed by atoms with van der Waals surface area (Å²) in [5, 5.41) is 2.74. The van der Waals surface area contributed by atoms with Crippen LogP contribution < -0.4 is 0 Å². The van der Waals surface area contributed by atoms with E-state index in [9.17, 15) is 4.79 Å². The number of pyridine rings is 1. The lowest BCUT2D eigenvalue weighted by Gasteiger charge is -2.52. The number of rotatable bonds is 4. The van der Waals surface area contributed by atoms with Gasteiger partial charge in [0.25, 0.3) is 5.91 Å². The van der Waals surface area contributed by atoms with Crippen molar-refractivity contribution in [2.45, 2.75) is 38.1 Å². The van der Waals surface area contributed by atoms with Gasteiger partial charge in [-0.3, -0.25) is 9.78 Å². The first-order valence-electron chi connectivity index (χ1n) is 8.49. The van der Waals surface area contributed by atoms with Gasteiger partial charge in [0.1, 0.15) is 11.3 Å². The topological polar surface area (TPSA) is 64.6 Å². The van der Waals surface area contributed by atoms with Crippen molar-refractivity contribution in [1.82, 2.24) is 14.9 Å². The summed E-state index contributed by atoms with van der Waals surface area (Å²) in [6, 6.07) is 3.93. The number of hydrogen-bond acceptors (Lipinski definition) is 6. The Balaban J connectivity index is 1.31. The van der Waals surface area contributed by atoms with Gasteiger partial charge < -0.3 is 14.4 Å². The molecule has 0 radical (unpaired) electrons. The van der Waals surface area contributed by atoms with Crippen molar-refractivity contribution in [3.63, 3.8) is 0 Å². The molecule has 1 atom stereocenters. The van der Waals surface area contributed by atoms with Crippen LogP contribution in [0.5, 0.6) is 0 Å². The first-order chi connectivity index (χ1) is 12.1. The highest BCUT2D eigenvalue weighted by Crippen LogP contribution is 2.36. The van der Waals surface area contributed by atoms with Crippen molar-refractivity contribution in [2.75, 3.05) is 19.7 Å². The molecule has 4 rings (SSSR count). The van der Waals surface area contributed by atoms with E-state index in [-0.39, 0.29) is 17.6 Å². The zero-order valence-electron chi connectivity index (χ0n) is 14.2. The summed E-state index contributed by atoms with van der Waals surface area (Å²) in [5.74, 6) is -0.00148. The maximum absolute atomic E-state index is 12.4. The number of carbonyl (C=O) groups excluding carboxylic acids is 1. The number of aryl methyl sites for hydroxylation is 1. The molecular formula is C18H21N3O3S. The molecule has 1 spiro atoms. The van der Waals surface area contributed by atoms with Gasteiger partial charge in [0.15, 0.2) is 0 Å². The highest BCUT2D eigenvalue weighted by atomic mass is 32.1. The fourth-order valence-electron chi connectivity index (χ4n) is 3.46. The van der Waals surface area contributed by atoms with Gasteiger partial charge in [-0.25, -0.2) is 4.98 Å². The number of thiazole rings is 1. The Morgan fingerprint density at radius 1 is 1.44 bits per heavy atom. The Morgan fingerprint density at radius 3 is 2.96 bits per heavy atom. The molecule has 0 aromatic carbocycles. The molecule has 0 aliphatic carbocycles. The van der Waals surface area contributed by atoms with E-state index in [0.717, 1.165) is 23.4 Å². The molecule has 0 N–H and O–H groups in total. The minimum Gasteiger partial charge on any atom is -0.373 e. The van der Waals surface area contributed by atoms with E-state index in [4.69, 9.17) is 9.47 Å². The predicted octanol–water partition coefficient (Wildman–Crippen LogP) is 2.44. The van der Waals surface area contributed by atoms with E-state index in [1.165, 1.54) is 11.3 Å². The summed E-state index contributed by atoms with van der Waals surface area (Å²) < 4.78 is 12.1. The SMILES string of the molecule is Cc1nc(C(=O)N2CC3(C[C@H](OCc4ccncc4)CCO3)C2)cs1. The van der Waals surface area contributed by atoms with Crippen molar-refractivity contribution in [3.8, 4) is 0 Å². The van der Waals surface area contributed by atoms with Crippen molar-refractivity contribution < 1.29 is 14.3 Å². The molecule has 2 aliphatic heterocycles. The minimum absolute atomic E-state index is 0.00148. The number of hydrogen-bond donors (Lipinski definition) is 0.